The zero-order valence-electron chi connectivity index (χ0n) is 23.4. The number of aryl methyl sites for hydroxylation is 1. The monoisotopic (exact) mass is 538 g/mol. The SMILES string of the molecule is Cc1cc2c(cc1Cc1ccc(C(=O)N3CCN(c4cccc(C(F)(F)F)c4)CC3)o1)C(C)(C)CCC2(C)C. The van der Waals surface area contributed by atoms with Crippen molar-refractivity contribution in [3.63, 3.8) is 0 Å². The number of carbonyl (C=O) groups is 1. The molecule has 39 heavy (non-hydrogen) atoms. The summed E-state index contributed by atoms with van der Waals surface area (Å²) in [6, 6.07) is 13.6. The minimum Gasteiger partial charge on any atom is -0.456 e. The molecule has 2 heterocycles. The standard InChI is InChI=1S/C32H37F3N2O2/c1-21-17-26-27(31(4,5)12-11-30(26,2)3)19-22(21)18-25-9-10-28(39-25)29(38)37-15-13-36(14-16-37)24-8-6-7-23(20-24)32(33,34)35/h6-10,17,19-20H,11-16,18H2,1-5H3. The summed E-state index contributed by atoms with van der Waals surface area (Å²) in [6.07, 6.45) is -1.44. The molecule has 2 aromatic carbocycles. The Balaban J connectivity index is 1.26. The van der Waals surface area contributed by atoms with E-state index in [1.165, 1.54) is 40.8 Å². The number of furan rings is 1. The predicted molar refractivity (Wildman–Crippen MR) is 148 cm³/mol. The fourth-order valence-electron chi connectivity index (χ4n) is 5.94. The smallest absolute Gasteiger partial charge is 0.416 e. The van der Waals surface area contributed by atoms with Crippen molar-refractivity contribution in [2.24, 2.45) is 0 Å². The number of piperazine rings is 1. The van der Waals surface area contributed by atoms with Crippen molar-refractivity contribution in [2.75, 3.05) is 31.1 Å². The van der Waals surface area contributed by atoms with Gasteiger partial charge in [0.25, 0.3) is 5.91 Å². The summed E-state index contributed by atoms with van der Waals surface area (Å²) in [7, 11) is 0. The molecule has 3 aromatic rings. The number of amides is 1. The van der Waals surface area contributed by atoms with Crippen LogP contribution in [-0.4, -0.2) is 37.0 Å². The summed E-state index contributed by atoms with van der Waals surface area (Å²) in [5.41, 5.74) is 5.40. The third-order valence-electron chi connectivity index (χ3n) is 8.65. The Kier molecular flexibility index (Phi) is 6.84. The summed E-state index contributed by atoms with van der Waals surface area (Å²) in [5, 5.41) is 0. The van der Waals surface area contributed by atoms with Crippen LogP contribution in [0.4, 0.5) is 18.9 Å². The number of nitrogens with zero attached hydrogens (tertiary/aromatic N) is 2. The van der Waals surface area contributed by atoms with E-state index in [0.29, 0.717) is 44.0 Å². The van der Waals surface area contributed by atoms with Crippen LogP contribution in [0.15, 0.2) is 52.9 Å². The lowest BCUT2D eigenvalue weighted by molar-refractivity contribution is -0.137. The highest BCUT2D eigenvalue weighted by atomic mass is 19.4. The van der Waals surface area contributed by atoms with Gasteiger partial charge in [-0.2, -0.15) is 13.2 Å². The van der Waals surface area contributed by atoms with Gasteiger partial charge in [-0.1, -0.05) is 45.9 Å². The van der Waals surface area contributed by atoms with Crippen LogP contribution < -0.4 is 4.90 Å². The first-order valence-corrected chi connectivity index (χ1v) is 13.7. The van der Waals surface area contributed by atoms with Crippen molar-refractivity contribution < 1.29 is 22.4 Å². The molecule has 0 atom stereocenters. The molecule has 1 fully saturated rings. The predicted octanol–water partition coefficient (Wildman–Crippen LogP) is 7.51. The molecule has 208 valence electrons. The number of rotatable bonds is 4. The molecule has 0 bridgehead atoms. The third-order valence-corrected chi connectivity index (χ3v) is 8.65. The van der Waals surface area contributed by atoms with Gasteiger partial charge in [0.05, 0.1) is 5.56 Å². The molecule has 0 spiro atoms. The van der Waals surface area contributed by atoms with Crippen LogP contribution in [0, 0.1) is 6.92 Å². The van der Waals surface area contributed by atoms with Gasteiger partial charge in [0.1, 0.15) is 5.76 Å². The first-order valence-electron chi connectivity index (χ1n) is 13.7. The molecule has 0 unspecified atom stereocenters. The average Bonchev–Trinajstić information content (AvgIpc) is 3.35. The van der Waals surface area contributed by atoms with Crippen molar-refractivity contribution >= 4 is 11.6 Å². The second-order valence-corrected chi connectivity index (χ2v) is 12.4. The molecular formula is C32H37F3N2O2. The second kappa shape index (κ2) is 9.76. The number of hydrogen-bond donors (Lipinski definition) is 0. The van der Waals surface area contributed by atoms with E-state index in [0.717, 1.165) is 18.2 Å². The molecular weight excluding hydrogens is 501 g/mol. The molecule has 5 rings (SSSR count). The number of anilines is 1. The zero-order chi connectivity index (χ0) is 28.2. The topological polar surface area (TPSA) is 36.7 Å². The van der Waals surface area contributed by atoms with Crippen LogP contribution in [-0.2, 0) is 23.4 Å². The highest BCUT2D eigenvalue weighted by molar-refractivity contribution is 5.91. The van der Waals surface area contributed by atoms with E-state index in [2.05, 4.69) is 46.8 Å². The Labute approximate surface area is 228 Å². The Morgan fingerprint density at radius 1 is 0.897 bits per heavy atom. The fourth-order valence-corrected chi connectivity index (χ4v) is 5.94. The number of alkyl halides is 3. The van der Waals surface area contributed by atoms with Gasteiger partial charge in [0.2, 0.25) is 0 Å². The van der Waals surface area contributed by atoms with Gasteiger partial charge in [-0.15, -0.1) is 0 Å². The van der Waals surface area contributed by atoms with E-state index in [9.17, 15) is 18.0 Å². The largest absolute Gasteiger partial charge is 0.456 e. The summed E-state index contributed by atoms with van der Waals surface area (Å²) < 4.78 is 45.4. The van der Waals surface area contributed by atoms with E-state index >= 15 is 0 Å². The van der Waals surface area contributed by atoms with Gasteiger partial charge in [-0.25, -0.2) is 0 Å². The van der Waals surface area contributed by atoms with Crippen LogP contribution in [0.2, 0.25) is 0 Å². The number of hydrogen-bond acceptors (Lipinski definition) is 3. The Bertz CT molecular complexity index is 1380. The summed E-state index contributed by atoms with van der Waals surface area (Å²) in [6.45, 7) is 13.2. The minimum absolute atomic E-state index is 0.119. The van der Waals surface area contributed by atoms with Gasteiger partial charge in [-0.05, 0) is 83.2 Å². The van der Waals surface area contributed by atoms with Gasteiger partial charge in [-0.3, -0.25) is 4.79 Å². The van der Waals surface area contributed by atoms with Crippen LogP contribution in [0.25, 0.3) is 0 Å². The van der Waals surface area contributed by atoms with Crippen molar-refractivity contribution in [1.82, 2.24) is 4.90 Å². The molecule has 1 aliphatic carbocycles. The van der Waals surface area contributed by atoms with Crippen molar-refractivity contribution in [2.45, 2.75) is 70.9 Å². The summed E-state index contributed by atoms with van der Waals surface area (Å²) in [4.78, 5) is 16.8. The fraction of sp³-hybridized carbons (Fsp3) is 0.469. The van der Waals surface area contributed by atoms with Gasteiger partial charge in [0, 0.05) is 38.3 Å². The molecule has 0 N–H and O–H groups in total. The first-order chi connectivity index (χ1) is 18.2. The van der Waals surface area contributed by atoms with Crippen LogP contribution in [0.5, 0.6) is 0 Å². The minimum atomic E-state index is -4.38. The second-order valence-electron chi connectivity index (χ2n) is 12.4. The number of halogens is 3. The molecule has 1 saturated heterocycles. The molecule has 0 saturated carbocycles. The molecule has 1 aliphatic heterocycles. The number of carbonyl (C=O) groups excluding carboxylic acids is 1. The average molecular weight is 539 g/mol. The van der Waals surface area contributed by atoms with E-state index in [1.54, 1.807) is 17.0 Å². The Hall–Kier alpha value is -3.22. The maximum atomic E-state index is 13.2. The first kappa shape index (κ1) is 27.4. The molecule has 7 heteroatoms. The highest BCUT2D eigenvalue weighted by Gasteiger charge is 2.37. The maximum Gasteiger partial charge on any atom is 0.416 e. The molecule has 1 amide bonds. The van der Waals surface area contributed by atoms with Crippen molar-refractivity contribution in [1.29, 1.82) is 0 Å². The molecule has 4 nitrogen and oxygen atoms in total. The van der Waals surface area contributed by atoms with Gasteiger partial charge in [0.15, 0.2) is 5.76 Å². The lowest BCUT2D eigenvalue weighted by atomic mass is 9.62. The molecule has 2 aliphatic rings. The highest BCUT2D eigenvalue weighted by Crippen LogP contribution is 2.46. The summed E-state index contributed by atoms with van der Waals surface area (Å²) >= 11 is 0. The molecule has 1 aromatic heterocycles. The van der Waals surface area contributed by atoms with Crippen LogP contribution in [0.3, 0.4) is 0 Å². The summed E-state index contributed by atoms with van der Waals surface area (Å²) in [5.74, 6) is 0.862. The lowest BCUT2D eigenvalue weighted by Crippen LogP contribution is -2.48. The quantitative estimate of drug-likeness (QED) is 0.345. The van der Waals surface area contributed by atoms with Gasteiger partial charge >= 0.3 is 6.18 Å². The van der Waals surface area contributed by atoms with Gasteiger partial charge < -0.3 is 14.2 Å². The Morgan fingerprint density at radius 2 is 1.54 bits per heavy atom. The normalized spacial score (nSPS) is 18.7. The van der Waals surface area contributed by atoms with Crippen molar-refractivity contribution in [3.8, 4) is 0 Å². The van der Waals surface area contributed by atoms with Crippen molar-refractivity contribution in [3.05, 3.63) is 87.9 Å². The Morgan fingerprint density at radius 3 is 2.18 bits per heavy atom. The van der Waals surface area contributed by atoms with E-state index in [1.807, 2.05) is 11.0 Å². The number of benzene rings is 2. The zero-order valence-corrected chi connectivity index (χ0v) is 23.4. The lowest BCUT2D eigenvalue weighted by Gasteiger charge is -2.42. The van der Waals surface area contributed by atoms with E-state index < -0.39 is 11.7 Å². The molecule has 0 radical (unpaired) electrons. The van der Waals surface area contributed by atoms with Crippen LogP contribution in [0.1, 0.15) is 84.7 Å². The third kappa shape index (κ3) is 5.45. The maximum absolute atomic E-state index is 13.2. The van der Waals surface area contributed by atoms with E-state index in [4.69, 9.17) is 4.42 Å². The van der Waals surface area contributed by atoms with E-state index in [-0.39, 0.29) is 16.7 Å². The van der Waals surface area contributed by atoms with Crippen LogP contribution >= 0.6 is 0 Å². The number of fused-ring (bicyclic) bond motifs is 1.